The lowest BCUT2D eigenvalue weighted by molar-refractivity contribution is -0.120. The molecule has 0 saturated heterocycles. The molecule has 2 unspecified atom stereocenters. The summed E-state index contributed by atoms with van der Waals surface area (Å²) in [5.74, 6) is 0.451. The molecule has 1 saturated carbocycles. The Morgan fingerprint density at radius 1 is 1.19 bits per heavy atom. The van der Waals surface area contributed by atoms with Gasteiger partial charge in [-0.25, -0.2) is 12.7 Å². The third-order valence-electron chi connectivity index (χ3n) is 5.32. The summed E-state index contributed by atoms with van der Waals surface area (Å²) in [7, 11) is -0.494. The number of carbonyl (C=O) groups excluding carboxylic acids is 1. The minimum atomic E-state index is -3.51. The molecule has 1 amide bonds. The van der Waals surface area contributed by atoms with E-state index in [-0.39, 0.29) is 23.4 Å². The van der Waals surface area contributed by atoms with E-state index in [1.165, 1.54) is 24.8 Å². The van der Waals surface area contributed by atoms with Crippen LogP contribution in [0.5, 0.6) is 0 Å². The highest BCUT2D eigenvalue weighted by molar-refractivity contribution is 7.89. The molecule has 1 aliphatic carbocycles. The molecule has 1 aromatic rings. The fourth-order valence-corrected chi connectivity index (χ4v) is 4.35. The van der Waals surface area contributed by atoms with Crippen molar-refractivity contribution in [3.63, 3.8) is 0 Å². The number of nitrogens with one attached hydrogen (secondary N) is 2. The molecule has 2 N–H and O–H groups in total. The van der Waals surface area contributed by atoms with E-state index in [9.17, 15) is 13.2 Å². The standard InChI is InChI=1S/C19H31N3O3S/c1-13-8-6-7-9-17(13)21-19(23)12-20-18-11-16(10-14(2)15(18)3)26(24,25)22(4)5/h10-11,13,17,20H,6-9,12H2,1-5H3,(H,21,23). The Labute approximate surface area is 157 Å². The Bertz CT molecular complexity index is 760. The molecule has 0 radical (unpaired) electrons. The molecule has 2 rings (SSSR count). The Morgan fingerprint density at radius 2 is 1.85 bits per heavy atom. The number of nitrogens with zero attached hydrogens (tertiary/aromatic N) is 1. The van der Waals surface area contributed by atoms with Crippen molar-refractivity contribution >= 4 is 21.6 Å². The Balaban J connectivity index is 2.09. The molecule has 1 aliphatic rings. The fraction of sp³-hybridized carbons (Fsp3) is 0.632. The lowest BCUT2D eigenvalue weighted by Gasteiger charge is -2.29. The normalized spacial score (nSPS) is 20.8. The smallest absolute Gasteiger partial charge is 0.242 e. The lowest BCUT2D eigenvalue weighted by atomic mass is 9.86. The van der Waals surface area contributed by atoms with Gasteiger partial charge in [0.1, 0.15) is 0 Å². The molecular formula is C19H31N3O3S. The molecule has 26 heavy (non-hydrogen) atoms. The van der Waals surface area contributed by atoms with Gasteiger partial charge in [-0.1, -0.05) is 19.8 Å². The fourth-order valence-electron chi connectivity index (χ4n) is 3.33. The quantitative estimate of drug-likeness (QED) is 0.794. The van der Waals surface area contributed by atoms with Crippen LogP contribution in [0.15, 0.2) is 17.0 Å². The van der Waals surface area contributed by atoms with E-state index in [2.05, 4.69) is 17.6 Å². The molecule has 0 heterocycles. The van der Waals surface area contributed by atoms with Crippen molar-refractivity contribution in [2.24, 2.45) is 5.92 Å². The van der Waals surface area contributed by atoms with Crippen LogP contribution in [0.4, 0.5) is 5.69 Å². The topological polar surface area (TPSA) is 78.5 Å². The Kier molecular flexibility index (Phi) is 6.69. The van der Waals surface area contributed by atoms with Gasteiger partial charge in [0.25, 0.3) is 0 Å². The van der Waals surface area contributed by atoms with Gasteiger partial charge in [0, 0.05) is 25.8 Å². The zero-order chi connectivity index (χ0) is 19.5. The van der Waals surface area contributed by atoms with E-state index < -0.39 is 10.0 Å². The highest BCUT2D eigenvalue weighted by Gasteiger charge is 2.23. The molecule has 1 aromatic carbocycles. The summed E-state index contributed by atoms with van der Waals surface area (Å²) in [6.07, 6.45) is 4.57. The van der Waals surface area contributed by atoms with E-state index in [4.69, 9.17) is 0 Å². The van der Waals surface area contributed by atoms with Gasteiger partial charge in [0.2, 0.25) is 15.9 Å². The maximum atomic E-state index is 12.4. The number of anilines is 1. The van der Waals surface area contributed by atoms with Crippen LogP contribution in [0.1, 0.15) is 43.7 Å². The third-order valence-corrected chi connectivity index (χ3v) is 7.11. The van der Waals surface area contributed by atoms with Gasteiger partial charge in [0.15, 0.2) is 0 Å². The average molecular weight is 382 g/mol. The van der Waals surface area contributed by atoms with Crippen LogP contribution in [0.3, 0.4) is 0 Å². The summed E-state index contributed by atoms with van der Waals surface area (Å²) >= 11 is 0. The number of aryl methyl sites for hydroxylation is 1. The van der Waals surface area contributed by atoms with Crippen molar-refractivity contribution in [1.82, 2.24) is 9.62 Å². The lowest BCUT2D eigenvalue weighted by Crippen LogP contribution is -2.43. The number of hydrogen-bond donors (Lipinski definition) is 2. The molecule has 6 nitrogen and oxygen atoms in total. The van der Waals surface area contributed by atoms with E-state index in [1.54, 1.807) is 12.1 Å². The summed E-state index contributed by atoms with van der Waals surface area (Å²) in [6.45, 7) is 6.11. The van der Waals surface area contributed by atoms with Crippen molar-refractivity contribution in [3.8, 4) is 0 Å². The number of hydrogen-bond acceptors (Lipinski definition) is 4. The first-order chi connectivity index (χ1) is 12.1. The molecule has 0 spiro atoms. The van der Waals surface area contributed by atoms with Crippen molar-refractivity contribution < 1.29 is 13.2 Å². The second kappa shape index (κ2) is 8.39. The van der Waals surface area contributed by atoms with Crippen molar-refractivity contribution in [2.45, 2.75) is 57.4 Å². The molecule has 1 fully saturated rings. The van der Waals surface area contributed by atoms with E-state index in [0.29, 0.717) is 11.6 Å². The van der Waals surface area contributed by atoms with Gasteiger partial charge >= 0.3 is 0 Å². The highest BCUT2D eigenvalue weighted by atomic mass is 32.2. The van der Waals surface area contributed by atoms with Gasteiger partial charge in [-0.05, 0) is 55.9 Å². The monoisotopic (exact) mass is 381 g/mol. The SMILES string of the molecule is Cc1cc(S(=O)(=O)N(C)C)cc(NCC(=O)NC2CCCCC2C)c1C. The largest absolute Gasteiger partial charge is 0.376 e. The third kappa shape index (κ3) is 4.76. The molecule has 0 bridgehead atoms. The van der Waals surface area contributed by atoms with Crippen molar-refractivity contribution in [2.75, 3.05) is 26.0 Å². The molecule has 0 aliphatic heterocycles. The molecule has 0 aromatic heterocycles. The van der Waals surface area contributed by atoms with Crippen LogP contribution < -0.4 is 10.6 Å². The predicted molar refractivity (Wildman–Crippen MR) is 105 cm³/mol. The summed E-state index contributed by atoms with van der Waals surface area (Å²) < 4.78 is 26.0. The van der Waals surface area contributed by atoms with Gasteiger partial charge in [0.05, 0.1) is 11.4 Å². The zero-order valence-electron chi connectivity index (χ0n) is 16.4. The van der Waals surface area contributed by atoms with E-state index in [1.807, 2.05) is 13.8 Å². The summed E-state index contributed by atoms with van der Waals surface area (Å²) in [4.78, 5) is 12.5. The van der Waals surface area contributed by atoms with Gasteiger partial charge in [-0.15, -0.1) is 0 Å². The van der Waals surface area contributed by atoms with E-state index >= 15 is 0 Å². The van der Waals surface area contributed by atoms with Gasteiger partial charge < -0.3 is 10.6 Å². The molecule has 146 valence electrons. The van der Waals surface area contributed by atoms with Gasteiger partial charge in [-0.2, -0.15) is 0 Å². The maximum absolute atomic E-state index is 12.4. The Hall–Kier alpha value is -1.60. The average Bonchev–Trinajstić information content (AvgIpc) is 2.57. The summed E-state index contributed by atoms with van der Waals surface area (Å²) in [5.41, 5.74) is 2.50. The minimum absolute atomic E-state index is 0.0540. The van der Waals surface area contributed by atoms with Crippen LogP contribution in [0.2, 0.25) is 0 Å². The van der Waals surface area contributed by atoms with Crippen molar-refractivity contribution in [3.05, 3.63) is 23.3 Å². The first-order valence-electron chi connectivity index (χ1n) is 9.20. The molecule has 2 atom stereocenters. The first-order valence-corrected chi connectivity index (χ1v) is 10.6. The second-order valence-electron chi connectivity index (χ2n) is 7.49. The van der Waals surface area contributed by atoms with Crippen LogP contribution >= 0.6 is 0 Å². The second-order valence-corrected chi connectivity index (χ2v) is 9.64. The summed E-state index contributed by atoms with van der Waals surface area (Å²) in [5, 5.41) is 6.22. The van der Waals surface area contributed by atoms with Crippen LogP contribution in [-0.2, 0) is 14.8 Å². The summed E-state index contributed by atoms with van der Waals surface area (Å²) in [6, 6.07) is 3.51. The molecular weight excluding hydrogens is 350 g/mol. The highest BCUT2D eigenvalue weighted by Crippen LogP contribution is 2.26. The predicted octanol–water partition coefficient (Wildman–Crippen LogP) is 2.66. The number of sulfonamides is 1. The molecule has 7 heteroatoms. The number of rotatable bonds is 6. The zero-order valence-corrected chi connectivity index (χ0v) is 17.2. The van der Waals surface area contributed by atoms with Crippen LogP contribution in [0, 0.1) is 19.8 Å². The van der Waals surface area contributed by atoms with Gasteiger partial charge in [-0.3, -0.25) is 4.79 Å². The minimum Gasteiger partial charge on any atom is -0.376 e. The number of amides is 1. The number of benzene rings is 1. The van der Waals surface area contributed by atoms with Crippen molar-refractivity contribution in [1.29, 1.82) is 0 Å². The van der Waals surface area contributed by atoms with E-state index in [0.717, 1.165) is 30.4 Å². The number of carbonyl (C=O) groups is 1. The maximum Gasteiger partial charge on any atom is 0.242 e. The Morgan fingerprint density at radius 3 is 2.46 bits per heavy atom. The first kappa shape index (κ1) is 20.7. The van der Waals surface area contributed by atoms with Crippen LogP contribution in [0.25, 0.3) is 0 Å². The van der Waals surface area contributed by atoms with Crippen LogP contribution in [-0.4, -0.2) is 45.3 Å².